The molecule has 3 aromatic rings. The van der Waals surface area contributed by atoms with Crippen molar-refractivity contribution in [3.63, 3.8) is 0 Å². The molecule has 0 unspecified atom stereocenters. The number of aromatic amines is 2. The summed E-state index contributed by atoms with van der Waals surface area (Å²) in [6, 6.07) is 8.84. The molecule has 0 saturated carbocycles. The number of benzene rings is 1. The second kappa shape index (κ2) is 3.99. The molecule has 2 aromatic heterocycles. The summed E-state index contributed by atoms with van der Waals surface area (Å²) in [4.78, 5) is 6.46. The van der Waals surface area contributed by atoms with Gasteiger partial charge in [-0.15, -0.1) is 0 Å². The normalized spacial score (nSPS) is 11.3. The van der Waals surface area contributed by atoms with Gasteiger partial charge >= 0.3 is 0 Å². The van der Waals surface area contributed by atoms with Gasteiger partial charge in [-0.25, -0.2) is 4.39 Å². The molecular weight excluding hydrogens is 229 g/mol. The van der Waals surface area contributed by atoms with Gasteiger partial charge in [0.2, 0.25) is 0 Å². The van der Waals surface area contributed by atoms with Crippen molar-refractivity contribution in [3.05, 3.63) is 47.4 Å². The van der Waals surface area contributed by atoms with Crippen molar-refractivity contribution in [1.82, 2.24) is 9.97 Å². The molecule has 18 heavy (non-hydrogen) atoms. The first kappa shape index (κ1) is 11.0. The van der Waals surface area contributed by atoms with Crippen molar-refractivity contribution < 1.29 is 4.39 Å². The second-order valence-corrected chi connectivity index (χ2v) is 4.42. The van der Waals surface area contributed by atoms with E-state index in [1.165, 1.54) is 6.07 Å². The number of hydrogen-bond acceptors (Lipinski definition) is 1. The van der Waals surface area contributed by atoms with Gasteiger partial charge < -0.3 is 15.7 Å². The predicted octanol–water partition coefficient (Wildman–Crippen LogP) is 3.07. The summed E-state index contributed by atoms with van der Waals surface area (Å²) in [6.45, 7) is 2.48. The molecule has 0 saturated heterocycles. The molecule has 0 bridgehead atoms. The maximum Gasteiger partial charge on any atom is 0.132 e. The van der Waals surface area contributed by atoms with Crippen molar-refractivity contribution in [2.24, 2.45) is 5.73 Å². The lowest BCUT2D eigenvalue weighted by Gasteiger charge is -1.91. The van der Waals surface area contributed by atoms with Gasteiger partial charge in [0, 0.05) is 23.1 Å². The minimum atomic E-state index is -0.211. The molecule has 0 spiro atoms. The molecule has 0 aliphatic rings. The Hall–Kier alpha value is -2.07. The molecule has 0 fully saturated rings. The minimum absolute atomic E-state index is 0.211. The van der Waals surface area contributed by atoms with Gasteiger partial charge in [0.25, 0.3) is 0 Å². The molecular formula is C14H14FN3. The molecule has 3 nitrogen and oxygen atoms in total. The van der Waals surface area contributed by atoms with Crippen molar-refractivity contribution >= 4 is 10.9 Å². The van der Waals surface area contributed by atoms with E-state index >= 15 is 0 Å². The topological polar surface area (TPSA) is 57.6 Å². The van der Waals surface area contributed by atoms with Crippen LogP contribution >= 0.6 is 0 Å². The fraction of sp³-hybridized carbons (Fsp3) is 0.143. The number of H-pyrrole nitrogens is 2. The molecule has 4 heteroatoms. The van der Waals surface area contributed by atoms with Crippen LogP contribution in [0.2, 0.25) is 0 Å². The zero-order chi connectivity index (χ0) is 12.7. The average Bonchev–Trinajstić information content (AvgIpc) is 2.93. The summed E-state index contributed by atoms with van der Waals surface area (Å²) in [5, 5.41) is 0.606. The molecule has 1 aromatic carbocycles. The lowest BCUT2D eigenvalue weighted by molar-refractivity contribution is 0.640. The predicted molar refractivity (Wildman–Crippen MR) is 70.7 cm³/mol. The Balaban J connectivity index is 2.16. The van der Waals surface area contributed by atoms with E-state index in [9.17, 15) is 4.39 Å². The van der Waals surface area contributed by atoms with Crippen LogP contribution in [-0.4, -0.2) is 9.97 Å². The summed E-state index contributed by atoms with van der Waals surface area (Å²) in [5.41, 5.74) is 10.4. The fourth-order valence-corrected chi connectivity index (χ4v) is 2.22. The summed E-state index contributed by atoms with van der Waals surface area (Å²) in [5.74, 6) is -0.211. The SMILES string of the molecule is Cc1[nH]c(-c2cc3c(F)cccc3[nH]2)cc1CN. The van der Waals surface area contributed by atoms with Crippen molar-refractivity contribution in [2.45, 2.75) is 13.5 Å². The van der Waals surface area contributed by atoms with Gasteiger partial charge in [-0.3, -0.25) is 0 Å². The highest BCUT2D eigenvalue weighted by atomic mass is 19.1. The Morgan fingerprint density at radius 2 is 1.94 bits per heavy atom. The number of fused-ring (bicyclic) bond motifs is 1. The van der Waals surface area contributed by atoms with E-state index in [4.69, 9.17) is 5.73 Å². The van der Waals surface area contributed by atoms with E-state index < -0.39 is 0 Å². The van der Waals surface area contributed by atoms with Crippen molar-refractivity contribution in [1.29, 1.82) is 0 Å². The standard InChI is InChI=1S/C14H14FN3/c1-8-9(7-16)5-13(17-8)14-6-10-11(15)3-2-4-12(10)18-14/h2-6,17-18H,7,16H2,1H3. The van der Waals surface area contributed by atoms with Crippen LogP contribution < -0.4 is 5.73 Å². The van der Waals surface area contributed by atoms with Gasteiger partial charge in [-0.05, 0) is 36.8 Å². The van der Waals surface area contributed by atoms with Crippen molar-refractivity contribution in [3.8, 4) is 11.4 Å². The summed E-state index contributed by atoms with van der Waals surface area (Å²) < 4.78 is 13.6. The third-order valence-corrected chi connectivity index (χ3v) is 3.24. The lowest BCUT2D eigenvalue weighted by atomic mass is 10.2. The van der Waals surface area contributed by atoms with Gasteiger partial charge in [0.05, 0.1) is 11.4 Å². The van der Waals surface area contributed by atoms with E-state index in [1.807, 2.05) is 25.1 Å². The quantitative estimate of drug-likeness (QED) is 0.636. The minimum Gasteiger partial charge on any atom is -0.357 e. The molecule has 3 rings (SSSR count). The Labute approximate surface area is 104 Å². The summed E-state index contributed by atoms with van der Waals surface area (Å²) >= 11 is 0. The third-order valence-electron chi connectivity index (χ3n) is 3.24. The molecule has 4 N–H and O–H groups in total. The van der Waals surface area contributed by atoms with Crippen LogP contribution in [0, 0.1) is 12.7 Å². The first-order chi connectivity index (χ1) is 8.69. The highest BCUT2D eigenvalue weighted by Crippen LogP contribution is 2.26. The first-order valence-electron chi connectivity index (χ1n) is 5.85. The molecule has 0 radical (unpaired) electrons. The number of aromatic nitrogens is 2. The number of rotatable bonds is 2. The number of nitrogens with one attached hydrogen (secondary N) is 2. The van der Waals surface area contributed by atoms with E-state index in [-0.39, 0.29) is 5.82 Å². The van der Waals surface area contributed by atoms with E-state index in [2.05, 4.69) is 9.97 Å². The van der Waals surface area contributed by atoms with Crippen LogP contribution in [0.25, 0.3) is 22.3 Å². The first-order valence-corrected chi connectivity index (χ1v) is 5.85. The van der Waals surface area contributed by atoms with Crippen LogP contribution in [0.5, 0.6) is 0 Å². The van der Waals surface area contributed by atoms with Crippen LogP contribution in [0.1, 0.15) is 11.3 Å². The van der Waals surface area contributed by atoms with Crippen LogP contribution in [0.3, 0.4) is 0 Å². The number of halogens is 1. The monoisotopic (exact) mass is 243 g/mol. The van der Waals surface area contributed by atoms with Crippen LogP contribution in [0.15, 0.2) is 30.3 Å². The van der Waals surface area contributed by atoms with Gasteiger partial charge in [-0.1, -0.05) is 6.07 Å². The Kier molecular flexibility index (Phi) is 2.45. The van der Waals surface area contributed by atoms with Crippen LogP contribution in [0.4, 0.5) is 4.39 Å². The average molecular weight is 243 g/mol. The number of hydrogen-bond donors (Lipinski definition) is 3. The van der Waals surface area contributed by atoms with Gasteiger partial charge in [0.1, 0.15) is 5.82 Å². The Morgan fingerprint density at radius 3 is 2.61 bits per heavy atom. The Morgan fingerprint density at radius 1 is 1.17 bits per heavy atom. The molecule has 0 aliphatic heterocycles. The zero-order valence-electron chi connectivity index (χ0n) is 10.0. The second-order valence-electron chi connectivity index (χ2n) is 4.42. The largest absolute Gasteiger partial charge is 0.357 e. The smallest absolute Gasteiger partial charge is 0.132 e. The lowest BCUT2D eigenvalue weighted by Crippen LogP contribution is -1.95. The molecule has 0 atom stereocenters. The number of aryl methyl sites for hydroxylation is 1. The van der Waals surface area contributed by atoms with Gasteiger partial charge in [0.15, 0.2) is 0 Å². The number of nitrogens with two attached hydrogens (primary N) is 1. The molecule has 92 valence electrons. The van der Waals surface area contributed by atoms with Gasteiger partial charge in [-0.2, -0.15) is 0 Å². The van der Waals surface area contributed by atoms with E-state index in [1.54, 1.807) is 6.07 Å². The highest BCUT2D eigenvalue weighted by Gasteiger charge is 2.09. The Bertz CT molecular complexity index is 709. The molecule has 0 aliphatic carbocycles. The van der Waals surface area contributed by atoms with Crippen molar-refractivity contribution in [2.75, 3.05) is 0 Å². The maximum absolute atomic E-state index is 13.6. The third kappa shape index (κ3) is 1.62. The van der Waals surface area contributed by atoms with Crippen LogP contribution in [-0.2, 0) is 6.54 Å². The maximum atomic E-state index is 13.6. The molecule has 0 amide bonds. The van der Waals surface area contributed by atoms with E-state index in [0.29, 0.717) is 11.9 Å². The highest BCUT2D eigenvalue weighted by molar-refractivity contribution is 5.85. The van der Waals surface area contributed by atoms with E-state index in [0.717, 1.165) is 28.2 Å². The molecule has 2 heterocycles. The fourth-order valence-electron chi connectivity index (χ4n) is 2.22. The zero-order valence-corrected chi connectivity index (χ0v) is 10.0. The summed E-state index contributed by atoms with van der Waals surface area (Å²) in [6.07, 6.45) is 0. The summed E-state index contributed by atoms with van der Waals surface area (Å²) in [7, 11) is 0.